The molecular formula is C16H19N5O3. The summed E-state index contributed by atoms with van der Waals surface area (Å²) < 4.78 is 5.10. The van der Waals surface area contributed by atoms with Crippen molar-refractivity contribution in [3.05, 3.63) is 46.5 Å². The molecule has 0 amide bonds. The Hall–Kier alpha value is -2.90. The molecule has 0 aliphatic rings. The van der Waals surface area contributed by atoms with Crippen LogP contribution >= 0.6 is 0 Å². The van der Waals surface area contributed by atoms with Crippen molar-refractivity contribution in [3.63, 3.8) is 0 Å². The topological polar surface area (TPSA) is 94.9 Å². The maximum atomic E-state index is 12.8. The van der Waals surface area contributed by atoms with Gasteiger partial charge in [0.25, 0.3) is 0 Å². The van der Waals surface area contributed by atoms with Gasteiger partial charge in [-0.2, -0.15) is 0 Å². The number of hydrogen-bond acceptors (Lipinski definition) is 4. The number of carbonyl (C=O) groups is 1. The number of aryl methyl sites for hydroxylation is 2. The van der Waals surface area contributed by atoms with Crippen LogP contribution < -0.4 is 5.69 Å². The number of aromatic nitrogens is 5. The van der Waals surface area contributed by atoms with Crippen molar-refractivity contribution < 1.29 is 9.90 Å². The summed E-state index contributed by atoms with van der Waals surface area (Å²) in [6, 6.07) is 1.50. The number of carboxylic acid groups (broad SMARTS) is 1. The molecule has 3 aromatic heterocycles. The number of carboxylic acids is 1. The normalized spacial score (nSPS) is 11.2. The maximum Gasteiger partial charge on any atom is 0.337 e. The molecule has 0 aliphatic heterocycles. The Morgan fingerprint density at radius 1 is 1.25 bits per heavy atom. The summed E-state index contributed by atoms with van der Waals surface area (Å²) in [5.74, 6) is -1.06. The molecule has 0 atom stereocenters. The van der Waals surface area contributed by atoms with E-state index in [2.05, 4.69) is 9.97 Å². The average Bonchev–Trinajstić information content (AvgIpc) is 3.13. The summed E-state index contributed by atoms with van der Waals surface area (Å²) in [5, 5.41) is 9.21. The second-order valence-electron chi connectivity index (χ2n) is 5.56. The predicted octanol–water partition coefficient (Wildman–Crippen LogP) is 1.57. The average molecular weight is 329 g/mol. The monoisotopic (exact) mass is 329 g/mol. The first-order valence-electron chi connectivity index (χ1n) is 7.88. The van der Waals surface area contributed by atoms with Crippen LogP contribution in [0.4, 0.5) is 0 Å². The number of fused-ring (bicyclic) bond motifs is 1. The van der Waals surface area contributed by atoms with Crippen LogP contribution in [0, 0.1) is 0 Å². The highest BCUT2D eigenvalue weighted by Gasteiger charge is 2.17. The molecule has 3 heterocycles. The third-order valence-electron chi connectivity index (χ3n) is 4.01. The third kappa shape index (κ3) is 2.60. The first kappa shape index (κ1) is 16.0. The molecule has 0 saturated heterocycles. The van der Waals surface area contributed by atoms with E-state index in [0.29, 0.717) is 24.3 Å². The van der Waals surface area contributed by atoms with Crippen molar-refractivity contribution in [2.45, 2.75) is 39.9 Å². The summed E-state index contributed by atoms with van der Waals surface area (Å²) in [4.78, 5) is 32.4. The van der Waals surface area contributed by atoms with Gasteiger partial charge < -0.3 is 9.67 Å². The minimum Gasteiger partial charge on any atom is -0.478 e. The van der Waals surface area contributed by atoms with Crippen molar-refractivity contribution in [1.29, 1.82) is 0 Å². The molecule has 126 valence electrons. The minimum atomic E-state index is -1.06. The summed E-state index contributed by atoms with van der Waals surface area (Å²) in [6.07, 6.45) is 5.51. The highest BCUT2D eigenvalue weighted by Crippen LogP contribution is 2.15. The van der Waals surface area contributed by atoms with Crippen molar-refractivity contribution >= 4 is 17.1 Å². The van der Waals surface area contributed by atoms with Gasteiger partial charge in [-0.15, -0.1) is 0 Å². The summed E-state index contributed by atoms with van der Waals surface area (Å²) >= 11 is 0. The Kier molecular flexibility index (Phi) is 4.20. The van der Waals surface area contributed by atoms with E-state index >= 15 is 0 Å². The lowest BCUT2D eigenvalue weighted by Gasteiger charge is -2.06. The fourth-order valence-corrected chi connectivity index (χ4v) is 2.81. The van der Waals surface area contributed by atoms with Crippen LogP contribution in [0.25, 0.3) is 11.2 Å². The smallest absolute Gasteiger partial charge is 0.337 e. The van der Waals surface area contributed by atoms with Gasteiger partial charge in [-0.3, -0.25) is 9.13 Å². The molecule has 0 bridgehead atoms. The number of hydrogen-bond donors (Lipinski definition) is 1. The van der Waals surface area contributed by atoms with Crippen molar-refractivity contribution in [1.82, 2.24) is 23.7 Å². The lowest BCUT2D eigenvalue weighted by atomic mass is 10.2. The van der Waals surface area contributed by atoms with E-state index in [0.717, 1.165) is 18.7 Å². The summed E-state index contributed by atoms with van der Waals surface area (Å²) in [7, 11) is 0. The fourth-order valence-electron chi connectivity index (χ4n) is 2.81. The number of aromatic carboxylic acids is 1. The van der Waals surface area contributed by atoms with E-state index in [1.54, 1.807) is 21.7 Å². The van der Waals surface area contributed by atoms with Gasteiger partial charge in [0, 0.05) is 25.5 Å². The number of nitrogens with zero attached hydrogens (tertiary/aromatic N) is 5. The molecular weight excluding hydrogens is 310 g/mol. The Labute approximate surface area is 138 Å². The molecule has 3 rings (SSSR count). The van der Waals surface area contributed by atoms with Crippen LogP contribution in [-0.4, -0.2) is 34.7 Å². The number of pyridine rings is 1. The SMILES string of the molecule is CCCn1c(=O)n(Cc2cncn2CC)c2cc(C(=O)O)cnc21. The van der Waals surface area contributed by atoms with E-state index in [1.807, 2.05) is 18.4 Å². The number of imidazole rings is 2. The summed E-state index contributed by atoms with van der Waals surface area (Å²) in [5.41, 5.74) is 1.79. The van der Waals surface area contributed by atoms with Crippen LogP contribution in [0.1, 0.15) is 36.3 Å². The van der Waals surface area contributed by atoms with Crippen LogP contribution in [0.2, 0.25) is 0 Å². The van der Waals surface area contributed by atoms with Crippen LogP contribution in [0.5, 0.6) is 0 Å². The van der Waals surface area contributed by atoms with Crippen molar-refractivity contribution in [2.24, 2.45) is 0 Å². The Morgan fingerprint density at radius 3 is 2.71 bits per heavy atom. The largest absolute Gasteiger partial charge is 0.478 e. The molecule has 24 heavy (non-hydrogen) atoms. The molecule has 0 aliphatic carbocycles. The maximum absolute atomic E-state index is 12.8. The quantitative estimate of drug-likeness (QED) is 0.741. The van der Waals surface area contributed by atoms with Gasteiger partial charge in [-0.1, -0.05) is 6.92 Å². The molecule has 0 aromatic carbocycles. The highest BCUT2D eigenvalue weighted by molar-refractivity contribution is 5.91. The lowest BCUT2D eigenvalue weighted by Crippen LogP contribution is -2.25. The van der Waals surface area contributed by atoms with Crippen LogP contribution in [0.3, 0.4) is 0 Å². The number of rotatable bonds is 6. The molecule has 8 heteroatoms. The Morgan fingerprint density at radius 2 is 2.04 bits per heavy atom. The molecule has 3 aromatic rings. The second-order valence-corrected chi connectivity index (χ2v) is 5.56. The first-order valence-corrected chi connectivity index (χ1v) is 7.88. The zero-order valence-electron chi connectivity index (χ0n) is 13.6. The minimum absolute atomic E-state index is 0.0638. The van der Waals surface area contributed by atoms with E-state index in [4.69, 9.17) is 0 Å². The zero-order valence-corrected chi connectivity index (χ0v) is 13.6. The Balaban J connectivity index is 2.20. The first-order chi connectivity index (χ1) is 11.6. The van der Waals surface area contributed by atoms with Gasteiger partial charge in [0.2, 0.25) is 0 Å². The van der Waals surface area contributed by atoms with Crippen LogP contribution in [-0.2, 0) is 19.6 Å². The molecule has 8 nitrogen and oxygen atoms in total. The van der Waals surface area contributed by atoms with Gasteiger partial charge in [0.15, 0.2) is 5.65 Å². The highest BCUT2D eigenvalue weighted by atomic mass is 16.4. The Bertz CT molecular complexity index is 950. The van der Waals surface area contributed by atoms with E-state index < -0.39 is 5.97 Å². The molecule has 0 saturated carbocycles. The van der Waals surface area contributed by atoms with Gasteiger partial charge in [0.1, 0.15) is 0 Å². The second kappa shape index (κ2) is 6.31. The molecule has 0 fully saturated rings. The molecule has 0 spiro atoms. The summed E-state index contributed by atoms with van der Waals surface area (Å²) in [6.45, 7) is 5.58. The molecule has 0 unspecified atom stereocenters. The van der Waals surface area contributed by atoms with E-state index in [-0.39, 0.29) is 11.3 Å². The van der Waals surface area contributed by atoms with Gasteiger partial charge in [-0.05, 0) is 19.4 Å². The molecule has 1 N–H and O–H groups in total. The third-order valence-corrected chi connectivity index (χ3v) is 4.01. The van der Waals surface area contributed by atoms with Crippen molar-refractivity contribution in [2.75, 3.05) is 0 Å². The predicted molar refractivity (Wildman–Crippen MR) is 88.2 cm³/mol. The van der Waals surface area contributed by atoms with E-state index in [9.17, 15) is 14.7 Å². The fraction of sp³-hybridized carbons (Fsp3) is 0.375. The van der Waals surface area contributed by atoms with Crippen molar-refractivity contribution in [3.8, 4) is 0 Å². The standard InChI is InChI=1S/C16H19N5O3/c1-3-5-20-14-13(6-11(7-18-14)15(22)23)21(16(20)24)9-12-8-17-10-19(12)4-2/h6-8,10H,3-5,9H2,1-2H3,(H,22,23). The molecule has 0 radical (unpaired) electrons. The van der Waals surface area contributed by atoms with Gasteiger partial charge in [0.05, 0.1) is 29.6 Å². The zero-order chi connectivity index (χ0) is 17.3. The van der Waals surface area contributed by atoms with Gasteiger partial charge in [-0.25, -0.2) is 19.6 Å². The van der Waals surface area contributed by atoms with Crippen LogP contribution in [0.15, 0.2) is 29.6 Å². The van der Waals surface area contributed by atoms with Gasteiger partial charge >= 0.3 is 11.7 Å². The van der Waals surface area contributed by atoms with E-state index in [1.165, 1.54) is 12.3 Å². The lowest BCUT2D eigenvalue weighted by molar-refractivity contribution is 0.0696.